The van der Waals surface area contributed by atoms with E-state index >= 15 is 0 Å². The maximum absolute atomic E-state index is 13.5. The molecule has 0 saturated heterocycles. The van der Waals surface area contributed by atoms with Crippen molar-refractivity contribution < 1.29 is 9.18 Å². The number of guanidine groups is 1. The Morgan fingerprint density at radius 2 is 1.65 bits per heavy atom. The molecule has 0 aliphatic heterocycles. The van der Waals surface area contributed by atoms with Crippen molar-refractivity contribution in [1.29, 1.82) is 0 Å². The summed E-state index contributed by atoms with van der Waals surface area (Å²) in [5, 5.41) is 7.18. The summed E-state index contributed by atoms with van der Waals surface area (Å²) in [4.78, 5) is 11.9. The third kappa shape index (κ3) is 4.89. The van der Waals surface area contributed by atoms with Crippen molar-refractivity contribution >= 4 is 24.0 Å². The number of carbonyl (C=O) groups excluding carboxylic acids is 1. The van der Waals surface area contributed by atoms with Crippen molar-refractivity contribution in [3.8, 4) is 0 Å². The van der Waals surface area contributed by atoms with Crippen molar-refractivity contribution in [3.05, 3.63) is 77.1 Å². The van der Waals surface area contributed by atoms with Crippen molar-refractivity contribution in [2.75, 3.05) is 0 Å². The van der Waals surface area contributed by atoms with Crippen LogP contribution in [0.1, 0.15) is 21.5 Å². The summed E-state index contributed by atoms with van der Waals surface area (Å²) < 4.78 is 13.5. The van der Waals surface area contributed by atoms with Gasteiger partial charge >= 0.3 is 0 Å². The van der Waals surface area contributed by atoms with Crippen LogP contribution < -0.4 is 11.5 Å². The number of nitrogens with two attached hydrogens (primary N) is 2. The summed E-state index contributed by atoms with van der Waals surface area (Å²) in [5.74, 6) is -1.04. The number of rotatable bonds is 5. The molecule has 5 nitrogen and oxygen atoms in total. The molecule has 0 aromatic heterocycles. The highest BCUT2D eigenvalue weighted by molar-refractivity contribution is 6.07. The first kappa shape index (κ1) is 16.1. The fourth-order valence-corrected chi connectivity index (χ4v) is 1.78. The monoisotopic (exact) mass is 310 g/mol. The van der Waals surface area contributed by atoms with Gasteiger partial charge in [0.15, 0.2) is 5.78 Å². The minimum absolute atomic E-state index is 0.0461. The summed E-state index contributed by atoms with van der Waals surface area (Å²) in [5.41, 5.74) is 12.0. The summed E-state index contributed by atoms with van der Waals surface area (Å²) in [6.07, 6.45) is 4.45. The first-order valence-corrected chi connectivity index (χ1v) is 6.75. The smallest absolute Gasteiger partial charge is 0.211 e. The van der Waals surface area contributed by atoms with E-state index in [2.05, 4.69) is 10.2 Å². The lowest BCUT2D eigenvalue weighted by Crippen LogP contribution is -2.21. The van der Waals surface area contributed by atoms with Gasteiger partial charge in [0.1, 0.15) is 5.82 Å². The predicted octanol–water partition coefficient (Wildman–Crippen LogP) is 2.33. The zero-order chi connectivity index (χ0) is 16.7. The Hall–Kier alpha value is -3.28. The lowest BCUT2D eigenvalue weighted by Gasteiger charge is -1.98. The van der Waals surface area contributed by atoms with Gasteiger partial charge in [0.05, 0.1) is 11.8 Å². The van der Waals surface area contributed by atoms with Crippen LogP contribution in [0, 0.1) is 5.82 Å². The van der Waals surface area contributed by atoms with Gasteiger partial charge in [-0.2, -0.15) is 5.10 Å². The first-order chi connectivity index (χ1) is 11.1. The van der Waals surface area contributed by atoms with Gasteiger partial charge in [-0.05, 0) is 29.3 Å². The highest BCUT2D eigenvalue weighted by Crippen LogP contribution is 2.10. The number of allylic oxidation sites excluding steroid dienone is 1. The molecule has 0 amide bonds. The zero-order valence-corrected chi connectivity index (χ0v) is 12.2. The summed E-state index contributed by atoms with van der Waals surface area (Å²) in [6, 6.07) is 13.0. The number of carbonyl (C=O) groups is 1. The van der Waals surface area contributed by atoms with Crippen LogP contribution in [0.2, 0.25) is 0 Å². The molecule has 0 aliphatic carbocycles. The summed E-state index contributed by atoms with van der Waals surface area (Å²) in [7, 11) is 0. The quantitative estimate of drug-likeness (QED) is 0.292. The molecule has 6 heteroatoms. The second-order valence-corrected chi connectivity index (χ2v) is 4.61. The van der Waals surface area contributed by atoms with E-state index in [0.29, 0.717) is 0 Å². The van der Waals surface area contributed by atoms with E-state index in [-0.39, 0.29) is 17.3 Å². The largest absolute Gasteiger partial charge is 0.369 e. The second-order valence-electron chi connectivity index (χ2n) is 4.61. The van der Waals surface area contributed by atoms with E-state index in [0.717, 1.165) is 11.1 Å². The number of nitrogens with zero attached hydrogens (tertiary/aromatic N) is 2. The van der Waals surface area contributed by atoms with Crippen molar-refractivity contribution in [2.45, 2.75) is 0 Å². The molecule has 0 spiro atoms. The Kier molecular flexibility index (Phi) is 5.35. The maximum atomic E-state index is 13.5. The number of halogens is 1. The Morgan fingerprint density at radius 1 is 1.00 bits per heavy atom. The molecule has 0 heterocycles. The lowest BCUT2D eigenvalue weighted by molar-refractivity contribution is 0.104. The van der Waals surface area contributed by atoms with Gasteiger partial charge in [-0.15, -0.1) is 5.10 Å². The molecule has 2 rings (SSSR count). The van der Waals surface area contributed by atoms with E-state index in [1.165, 1.54) is 24.4 Å². The SMILES string of the molecule is NC(N)=N/N=C/c1ccc(/C=C/C(=O)c2ccccc2F)cc1. The van der Waals surface area contributed by atoms with E-state index in [9.17, 15) is 9.18 Å². The van der Waals surface area contributed by atoms with E-state index in [1.807, 2.05) is 0 Å². The van der Waals surface area contributed by atoms with Gasteiger partial charge < -0.3 is 11.5 Å². The third-order valence-electron chi connectivity index (χ3n) is 2.88. The van der Waals surface area contributed by atoms with Crippen LogP contribution in [0.3, 0.4) is 0 Å². The average molecular weight is 310 g/mol. The fourth-order valence-electron chi connectivity index (χ4n) is 1.78. The third-order valence-corrected chi connectivity index (χ3v) is 2.88. The molecular weight excluding hydrogens is 295 g/mol. The van der Waals surface area contributed by atoms with Gasteiger partial charge in [0.2, 0.25) is 5.96 Å². The van der Waals surface area contributed by atoms with E-state index in [1.54, 1.807) is 42.5 Å². The van der Waals surface area contributed by atoms with Gasteiger partial charge in [0.25, 0.3) is 0 Å². The molecule has 0 fully saturated rings. The predicted molar refractivity (Wildman–Crippen MR) is 89.6 cm³/mol. The van der Waals surface area contributed by atoms with Crippen LogP contribution in [0.4, 0.5) is 4.39 Å². The molecule has 2 aromatic rings. The van der Waals surface area contributed by atoms with E-state index < -0.39 is 5.82 Å². The standard InChI is InChI=1S/C17H15FN4O/c18-15-4-2-1-3-14(15)16(23)10-9-12-5-7-13(8-6-12)11-21-22-17(19)20/h1-11H,(H4,19,20,22)/b10-9+,21-11+. The number of benzene rings is 2. The molecule has 23 heavy (non-hydrogen) atoms. The molecule has 2 aromatic carbocycles. The van der Waals surface area contributed by atoms with Crippen molar-refractivity contribution in [1.82, 2.24) is 0 Å². The fraction of sp³-hybridized carbons (Fsp3) is 0. The molecule has 0 bridgehead atoms. The summed E-state index contributed by atoms with van der Waals surface area (Å²) in [6.45, 7) is 0. The zero-order valence-electron chi connectivity index (χ0n) is 12.2. The molecule has 0 saturated carbocycles. The summed E-state index contributed by atoms with van der Waals surface area (Å²) >= 11 is 0. The van der Waals surface area contributed by atoms with Crippen LogP contribution in [-0.4, -0.2) is 18.0 Å². The van der Waals surface area contributed by atoms with Crippen LogP contribution in [-0.2, 0) is 0 Å². The van der Waals surface area contributed by atoms with Crippen LogP contribution in [0.25, 0.3) is 6.08 Å². The normalized spacial score (nSPS) is 11.0. The molecule has 0 unspecified atom stereocenters. The molecule has 0 aliphatic rings. The molecule has 4 N–H and O–H groups in total. The first-order valence-electron chi connectivity index (χ1n) is 6.75. The van der Waals surface area contributed by atoms with Crippen molar-refractivity contribution in [2.24, 2.45) is 21.7 Å². The second kappa shape index (κ2) is 7.65. The number of hydrogen-bond donors (Lipinski definition) is 2. The number of hydrogen-bond acceptors (Lipinski definition) is 3. The number of ketones is 1. The Bertz CT molecular complexity index is 775. The minimum Gasteiger partial charge on any atom is -0.369 e. The Labute approximate surface area is 132 Å². The van der Waals surface area contributed by atoms with Gasteiger partial charge in [-0.25, -0.2) is 4.39 Å². The Morgan fingerprint density at radius 3 is 2.30 bits per heavy atom. The van der Waals surface area contributed by atoms with Crippen LogP contribution in [0.15, 0.2) is 64.8 Å². The highest BCUT2D eigenvalue weighted by Gasteiger charge is 2.06. The van der Waals surface area contributed by atoms with Gasteiger partial charge in [0, 0.05) is 0 Å². The highest BCUT2D eigenvalue weighted by atomic mass is 19.1. The van der Waals surface area contributed by atoms with Gasteiger partial charge in [-0.3, -0.25) is 4.79 Å². The van der Waals surface area contributed by atoms with Crippen LogP contribution in [0.5, 0.6) is 0 Å². The topological polar surface area (TPSA) is 93.8 Å². The molecular formula is C17H15FN4O. The minimum atomic E-state index is -0.534. The van der Waals surface area contributed by atoms with E-state index in [4.69, 9.17) is 11.5 Å². The maximum Gasteiger partial charge on any atom is 0.211 e. The van der Waals surface area contributed by atoms with Gasteiger partial charge in [-0.1, -0.05) is 42.5 Å². The van der Waals surface area contributed by atoms with Crippen molar-refractivity contribution in [3.63, 3.8) is 0 Å². The molecule has 116 valence electrons. The average Bonchev–Trinajstić information content (AvgIpc) is 2.54. The molecule has 0 atom stereocenters. The Balaban J connectivity index is 2.06. The van der Waals surface area contributed by atoms with Crippen LogP contribution >= 0.6 is 0 Å². The molecule has 0 radical (unpaired) electrons. The lowest BCUT2D eigenvalue weighted by atomic mass is 10.1.